The summed E-state index contributed by atoms with van der Waals surface area (Å²) in [5, 5.41) is 0. The van der Waals surface area contributed by atoms with Gasteiger partial charge in [-0.05, 0) is 830 Å². The average Bonchev–Trinajstić information content (AvgIpc) is 0.764. The highest BCUT2D eigenvalue weighted by atomic mass is 14.3. The Morgan fingerprint density at radius 3 is 0.0896 bits per heavy atom. The number of benzene rings is 12. The molecule has 0 fully saturated rings. The molecule has 12 aromatic rings. The van der Waals surface area contributed by atoms with Crippen LogP contribution < -0.4 is 0 Å². The predicted octanol–water partition coefficient (Wildman–Crippen LogP) is 39.3. The lowest BCUT2D eigenvalue weighted by atomic mass is 9.80. The maximum Gasteiger partial charge on any atom is -0.0114 e. The minimum absolute atomic E-state index is 1.44. The van der Waals surface area contributed by atoms with Crippen molar-refractivity contribution in [3.63, 3.8) is 0 Å². The zero-order chi connectivity index (χ0) is 104. The van der Waals surface area contributed by atoms with E-state index in [0.717, 1.165) is 0 Å². The third-order valence-corrected chi connectivity index (χ3v) is 38.0. The molecule has 134 heavy (non-hydrogen) atoms. The Kier molecular flexibility index (Phi) is 36.8. The smallest absolute Gasteiger partial charge is 0.0114 e. The fourth-order valence-corrected chi connectivity index (χ4v) is 22.1. The monoisotopic (exact) mass is 1800 g/mol. The summed E-state index contributed by atoms with van der Waals surface area (Å²) in [5.41, 5.74) is 104. The van der Waals surface area contributed by atoms with Gasteiger partial charge in [0, 0.05) is 0 Å². The molecule has 0 amide bonds. The molecule has 722 valence electrons. The molecular weight excluding hydrogens is 1610 g/mol. The topological polar surface area (TPSA) is 0 Å². The Bertz CT molecular complexity index is 5050. The van der Waals surface area contributed by atoms with Crippen molar-refractivity contribution in [2.45, 2.75) is 429 Å². The first-order valence-electron chi connectivity index (χ1n) is 50.2. The average molecular weight is 1800 g/mol. The standard InChI is InChI=1S/5C22H30.2C12H18/c5*1-11-13(3)17(7)21(18(8)14(11)4)22-19(9)15(5)12(2)16(6)20(22)10;2*1-7-8(2)10(4)12(6)11(5)9(7)3/h5*1-10H3;2*1-6H3. The van der Waals surface area contributed by atoms with Gasteiger partial charge in [0.2, 0.25) is 0 Å². The zero-order valence-corrected chi connectivity index (χ0v) is 98.0. The Morgan fingerprint density at radius 1 is 0.0373 bits per heavy atom. The van der Waals surface area contributed by atoms with E-state index in [-0.39, 0.29) is 0 Å². The predicted molar refractivity (Wildman–Crippen MR) is 606 cm³/mol. The second-order valence-corrected chi connectivity index (χ2v) is 42.5. The van der Waals surface area contributed by atoms with E-state index in [2.05, 4.69) is 429 Å². The van der Waals surface area contributed by atoms with E-state index in [1.54, 1.807) is 0 Å². The van der Waals surface area contributed by atoms with E-state index in [1.165, 1.54) is 401 Å². The van der Waals surface area contributed by atoms with Crippen molar-refractivity contribution < 1.29 is 0 Å². The second kappa shape index (κ2) is 43.6. The van der Waals surface area contributed by atoms with Gasteiger partial charge < -0.3 is 0 Å². The fourth-order valence-electron chi connectivity index (χ4n) is 22.1. The minimum atomic E-state index is 1.44. The van der Waals surface area contributed by atoms with Gasteiger partial charge in [-0.25, -0.2) is 0 Å². The van der Waals surface area contributed by atoms with Gasteiger partial charge in [-0.3, -0.25) is 0 Å². The first-order chi connectivity index (χ1) is 61.5. The van der Waals surface area contributed by atoms with Gasteiger partial charge in [0.25, 0.3) is 0 Å². The Hall–Kier alpha value is -9.36. The maximum atomic E-state index is 2.29. The van der Waals surface area contributed by atoms with Crippen molar-refractivity contribution in [3.8, 4) is 55.6 Å². The third-order valence-electron chi connectivity index (χ3n) is 38.0. The normalized spacial score (nSPS) is 11.1. The highest BCUT2D eigenvalue weighted by molar-refractivity contribution is 5.87. The van der Waals surface area contributed by atoms with E-state index in [0.29, 0.717) is 0 Å². The van der Waals surface area contributed by atoms with Gasteiger partial charge in [-0.15, -0.1) is 0 Å². The summed E-state index contributed by atoms with van der Waals surface area (Å²) in [7, 11) is 0. The van der Waals surface area contributed by atoms with Crippen LogP contribution in [0.25, 0.3) is 55.6 Å². The van der Waals surface area contributed by atoms with Crippen LogP contribution >= 0.6 is 0 Å². The second-order valence-electron chi connectivity index (χ2n) is 42.5. The van der Waals surface area contributed by atoms with Gasteiger partial charge in [0.05, 0.1) is 0 Å². The van der Waals surface area contributed by atoms with Gasteiger partial charge in [0.1, 0.15) is 0 Å². The highest BCUT2D eigenvalue weighted by Crippen LogP contribution is 2.48. The molecule has 0 saturated carbocycles. The molecule has 0 aliphatic heterocycles. The molecule has 0 aliphatic rings. The SMILES string of the molecule is Cc1c(C)c(C)c(-c2c(C)c(C)c(C)c(C)c2C)c(C)c1C.Cc1c(C)c(C)c(-c2c(C)c(C)c(C)c(C)c2C)c(C)c1C.Cc1c(C)c(C)c(-c2c(C)c(C)c(C)c(C)c2C)c(C)c1C.Cc1c(C)c(C)c(-c2c(C)c(C)c(C)c(C)c2C)c(C)c1C.Cc1c(C)c(C)c(-c2c(C)c(C)c(C)c(C)c2C)c(C)c1C.Cc1c(C)c(C)c(C)c(C)c1C.Cc1c(C)c(C)c(C)c(C)c1C. The number of hydrogen-bond donors (Lipinski definition) is 0. The lowest BCUT2D eigenvalue weighted by Gasteiger charge is -2.25. The van der Waals surface area contributed by atoms with Crippen LogP contribution in [0.5, 0.6) is 0 Å². The van der Waals surface area contributed by atoms with Crippen LogP contribution in [0.4, 0.5) is 0 Å². The van der Waals surface area contributed by atoms with E-state index in [4.69, 9.17) is 0 Å². The minimum Gasteiger partial charge on any atom is -0.0447 e. The maximum absolute atomic E-state index is 2.29. The summed E-state index contributed by atoms with van der Waals surface area (Å²) in [6.07, 6.45) is 0. The van der Waals surface area contributed by atoms with Crippen molar-refractivity contribution in [3.05, 3.63) is 345 Å². The molecule has 0 spiro atoms. The molecule has 0 bridgehead atoms. The number of hydrogen-bond acceptors (Lipinski definition) is 0. The van der Waals surface area contributed by atoms with Gasteiger partial charge >= 0.3 is 0 Å². The fraction of sp³-hybridized carbons (Fsp3) is 0.463. The molecular formula is C134H186. The summed E-state index contributed by atoms with van der Waals surface area (Å²) >= 11 is 0. The van der Waals surface area contributed by atoms with Crippen LogP contribution in [0.2, 0.25) is 0 Å². The van der Waals surface area contributed by atoms with Crippen LogP contribution in [-0.2, 0) is 0 Å². The van der Waals surface area contributed by atoms with Crippen molar-refractivity contribution in [2.24, 2.45) is 0 Å². The molecule has 0 saturated heterocycles. The lowest BCUT2D eigenvalue weighted by molar-refractivity contribution is 1.13. The van der Waals surface area contributed by atoms with Crippen molar-refractivity contribution in [1.82, 2.24) is 0 Å². The molecule has 12 rings (SSSR count). The van der Waals surface area contributed by atoms with Crippen LogP contribution in [0.3, 0.4) is 0 Å². The van der Waals surface area contributed by atoms with Crippen LogP contribution in [0.15, 0.2) is 0 Å². The molecule has 0 aliphatic carbocycles. The molecule has 12 aromatic carbocycles. The quantitative estimate of drug-likeness (QED) is 0.161. The van der Waals surface area contributed by atoms with Crippen molar-refractivity contribution >= 4 is 0 Å². The summed E-state index contributed by atoms with van der Waals surface area (Å²) in [5.74, 6) is 0. The Labute approximate surface area is 824 Å². The molecule has 0 unspecified atom stereocenters. The van der Waals surface area contributed by atoms with E-state index in [1.807, 2.05) is 0 Å². The first-order valence-corrected chi connectivity index (χ1v) is 50.2. The lowest BCUT2D eigenvalue weighted by Crippen LogP contribution is -2.05. The molecule has 0 heterocycles. The summed E-state index contributed by atoms with van der Waals surface area (Å²) in [6, 6.07) is 0. The Morgan fingerprint density at radius 2 is 0.0597 bits per heavy atom. The molecule has 0 N–H and O–H groups in total. The van der Waals surface area contributed by atoms with E-state index < -0.39 is 0 Å². The summed E-state index contributed by atoms with van der Waals surface area (Å²) in [6.45, 7) is 140. The Balaban J connectivity index is 0.000000243. The summed E-state index contributed by atoms with van der Waals surface area (Å²) in [4.78, 5) is 0. The largest absolute Gasteiger partial charge is 0.0447 e. The number of rotatable bonds is 5. The first kappa shape index (κ1) is 113. The molecule has 0 heteroatoms. The van der Waals surface area contributed by atoms with E-state index >= 15 is 0 Å². The van der Waals surface area contributed by atoms with Crippen molar-refractivity contribution in [2.75, 3.05) is 0 Å². The van der Waals surface area contributed by atoms with Crippen LogP contribution in [0, 0.1) is 429 Å². The third kappa shape index (κ3) is 20.3. The van der Waals surface area contributed by atoms with Gasteiger partial charge in [-0.1, -0.05) is 0 Å². The molecule has 0 atom stereocenters. The molecule has 0 aromatic heterocycles. The molecule has 0 radical (unpaired) electrons. The molecule has 0 nitrogen and oxygen atoms in total. The van der Waals surface area contributed by atoms with E-state index in [9.17, 15) is 0 Å². The van der Waals surface area contributed by atoms with Crippen LogP contribution in [0.1, 0.15) is 345 Å². The highest BCUT2D eigenvalue weighted by Gasteiger charge is 2.28. The van der Waals surface area contributed by atoms with Gasteiger partial charge in [0.15, 0.2) is 0 Å². The van der Waals surface area contributed by atoms with Crippen LogP contribution in [-0.4, -0.2) is 0 Å². The van der Waals surface area contributed by atoms with Crippen molar-refractivity contribution in [1.29, 1.82) is 0 Å². The summed E-state index contributed by atoms with van der Waals surface area (Å²) < 4.78 is 0. The van der Waals surface area contributed by atoms with Gasteiger partial charge in [-0.2, -0.15) is 0 Å². The zero-order valence-electron chi connectivity index (χ0n) is 98.0.